The molecular weight excluding hydrogens is 503 g/mol. The van der Waals surface area contributed by atoms with Crippen LogP contribution < -0.4 is 5.32 Å². The maximum Gasteiger partial charge on any atom is 0.193 e. The van der Waals surface area contributed by atoms with Gasteiger partial charge in [-0.1, -0.05) is 18.2 Å². The number of nitrogens with one attached hydrogen (secondary N) is 1. The van der Waals surface area contributed by atoms with E-state index in [-0.39, 0.29) is 29.7 Å². The minimum Gasteiger partial charge on any atom is -0.379 e. The monoisotopic (exact) mass is 536 g/mol. The van der Waals surface area contributed by atoms with Gasteiger partial charge in [0, 0.05) is 45.3 Å². The molecule has 0 aliphatic carbocycles. The molecular formula is C20H33IN4O3S. The number of ether oxygens (including phenoxy) is 1. The summed E-state index contributed by atoms with van der Waals surface area (Å²) in [4.78, 5) is 9.90. The van der Waals surface area contributed by atoms with Gasteiger partial charge >= 0.3 is 0 Å². The Morgan fingerprint density at radius 1 is 1.21 bits per heavy atom. The highest BCUT2D eigenvalue weighted by Crippen LogP contribution is 2.17. The largest absolute Gasteiger partial charge is 0.379 e. The molecule has 1 aromatic carbocycles. The predicted molar refractivity (Wildman–Crippen MR) is 127 cm³/mol. The Hall–Kier alpha value is -0.910. The molecule has 2 heterocycles. The first-order chi connectivity index (χ1) is 13.6. The number of hydrogen-bond donors (Lipinski definition) is 1. The summed E-state index contributed by atoms with van der Waals surface area (Å²) in [5, 5.41) is 3.36. The molecule has 7 nitrogen and oxygen atoms in total. The quantitative estimate of drug-likeness (QED) is 0.248. The number of guanidine groups is 1. The van der Waals surface area contributed by atoms with Gasteiger partial charge in [-0.05, 0) is 31.9 Å². The van der Waals surface area contributed by atoms with Gasteiger partial charge in [0.2, 0.25) is 0 Å². The molecule has 9 heteroatoms. The average molecular weight is 536 g/mol. The SMILES string of the molecule is CCNC(=NCCCS(=O)(=O)c1ccccc1)N1CCC(N2CCOCC2)C1.I. The van der Waals surface area contributed by atoms with E-state index < -0.39 is 9.84 Å². The van der Waals surface area contributed by atoms with Gasteiger partial charge in [0.1, 0.15) is 0 Å². The lowest BCUT2D eigenvalue weighted by Crippen LogP contribution is -2.46. The number of aliphatic imine (C=N–C) groups is 1. The van der Waals surface area contributed by atoms with E-state index in [1.54, 1.807) is 24.3 Å². The summed E-state index contributed by atoms with van der Waals surface area (Å²) in [5.41, 5.74) is 0. The number of likely N-dealkylation sites (tertiary alicyclic amines) is 1. The van der Waals surface area contributed by atoms with Crippen molar-refractivity contribution in [2.75, 3.05) is 58.2 Å². The molecule has 0 aromatic heterocycles. The Balaban J connectivity index is 0.00000300. The molecule has 29 heavy (non-hydrogen) atoms. The van der Waals surface area contributed by atoms with E-state index >= 15 is 0 Å². The fourth-order valence-electron chi connectivity index (χ4n) is 3.79. The van der Waals surface area contributed by atoms with Crippen LogP contribution >= 0.6 is 24.0 Å². The Morgan fingerprint density at radius 2 is 1.93 bits per heavy atom. The summed E-state index contributed by atoms with van der Waals surface area (Å²) in [6.45, 7) is 8.97. The normalized spacial score (nSPS) is 21.1. The third-order valence-electron chi connectivity index (χ3n) is 5.29. The lowest BCUT2D eigenvalue weighted by Gasteiger charge is -2.32. The van der Waals surface area contributed by atoms with Crippen LogP contribution in [0.2, 0.25) is 0 Å². The molecule has 1 unspecified atom stereocenters. The first-order valence-electron chi connectivity index (χ1n) is 10.2. The average Bonchev–Trinajstić information content (AvgIpc) is 3.22. The Kier molecular flexibility index (Phi) is 10.1. The van der Waals surface area contributed by atoms with Crippen molar-refractivity contribution in [1.82, 2.24) is 15.1 Å². The Bertz CT molecular complexity index is 739. The first-order valence-corrected chi connectivity index (χ1v) is 11.9. The maximum absolute atomic E-state index is 12.4. The topological polar surface area (TPSA) is 74.2 Å². The standard InChI is InChI=1S/C20H32N4O3S.HI/c1-2-21-20(24-11-9-18(17-24)23-12-14-27-15-13-23)22-10-6-16-28(25,26)19-7-4-3-5-8-19;/h3-5,7-8,18H,2,6,9-17H2,1H3,(H,21,22);1H. The van der Waals surface area contributed by atoms with Crippen molar-refractivity contribution in [3.8, 4) is 0 Å². The molecule has 2 aliphatic rings. The summed E-state index contributed by atoms with van der Waals surface area (Å²) >= 11 is 0. The van der Waals surface area contributed by atoms with Gasteiger partial charge in [0.05, 0.1) is 23.9 Å². The zero-order valence-electron chi connectivity index (χ0n) is 17.1. The summed E-state index contributed by atoms with van der Waals surface area (Å²) in [6.07, 6.45) is 1.65. The molecule has 0 spiro atoms. The summed E-state index contributed by atoms with van der Waals surface area (Å²) < 4.78 is 30.2. The van der Waals surface area contributed by atoms with E-state index in [9.17, 15) is 8.42 Å². The highest BCUT2D eigenvalue weighted by atomic mass is 127. The number of benzene rings is 1. The van der Waals surface area contributed by atoms with Crippen LogP contribution in [0.25, 0.3) is 0 Å². The lowest BCUT2D eigenvalue weighted by molar-refractivity contribution is 0.0195. The molecule has 1 N–H and O–H groups in total. The minimum absolute atomic E-state index is 0. The van der Waals surface area contributed by atoms with Gasteiger partial charge < -0.3 is 15.0 Å². The highest BCUT2D eigenvalue weighted by Gasteiger charge is 2.30. The van der Waals surface area contributed by atoms with E-state index in [2.05, 4.69) is 22.0 Å². The number of sulfone groups is 1. The van der Waals surface area contributed by atoms with Crippen molar-refractivity contribution in [3.63, 3.8) is 0 Å². The van der Waals surface area contributed by atoms with Crippen molar-refractivity contribution in [1.29, 1.82) is 0 Å². The van der Waals surface area contributed by atoms with E-state index in [0.29, 0.717) is 23.9 Å². The second-order valence-corrected chi connectivity index (χ2v) is 9.37. The molecule has 2 saturated heterocycles. The second kappa shape index (κ2) is 12.1. The zero-order chi connectivity index (χ0) is 19.8. The lowest BCUT2D eigenvalue weighted by atomic mass is 10.2. The Labute approximate surface area is 191 Å². The molecule has 3 rings (SSSR count). The van der Waals surface area contributed by atoms with Crippen LogP contribution in [0.4, 0.5) is 0 Å². The maximum atomic E-state index is 12.4. The Morgan fingerprint density at radius 3 is 2.62 bits per heavy atom. The van der Waals surface area contributed by atoms with Crippen LogP contribution in [-0.4, -0.2) is 88.5 Å². The van der Waals surface area contributed by atoms with Crippen molar-refractivity contribution in [2.24, 2.45) is 4.99 Å². The van der Waals surface area contributed by atoms with Crippen molar-refractivity contribution in [2.45, 2.75) is 30.7 Å². The van der Waals surface area contributed by atoms with Crippen LogP contribution in [0, 0.1) is 0 Å². The van der Waals surface area contributed by atoms with Gasteiger partial charge in [-0.2, -0.15) is 0 Å². The van der Waals surface area contributed by atoms with E-state index in [0.717, 1.165) is 58.3 Å². The van der Waals surface area contributed by atoms with E-state index in [4.69, 9.17) is 9.73 Å². The van der Waals surface area contributed by atoms with E-state index in [1.165, 1.54) is 0 Å². The smallest absolute Gasteiger partial charge is 0.193 e. The highest BCUT2D eigenvalue weighted by molar-refractivity contribution is 14.0. The number of halogens is 1. The third kappa shape index (κ3) is 7.08. The van der Waals surface area contributed by atoms with Crippen LogP contribution in [0.15, 0.2) is 40.2 Å². The summed E-state index contributed by atoms with van der Waals surface area (Å²) in [7, 11) is -3.23. The van der Waals surface area contributed by atoms with Crippen molar-refractivity contribution < 1.29 is 13.2 Å². The van der Waals surface area contributed by atoms with Crippen LogP contribution in [-0.2, 0) is 14.6 Å². The van der Waals surface area contributed by atoms with Gasteiger partial charge in [-0.15, -0.1) is 24.0 Å². The minimum atomic E-state index is -3.23. The molecule has 1 aromatic rings. The van der Waals surface area contributed by atoms with Crippen LogP contribution in [0.1, 0.15) is 19.8 Å². The zero-order valence-corrected chi connectivity index (χ0v) is 20.3. The molecule has 2 aliphatic heterocycles. The second-order valence-electron chi connectivity index (χ2n) is 7.26. The third-order valence-corrected chi connectivity index (χ3v) is 7.11. The van der Waals surface area contributed by atoms with Crippen LogP contribution in [0.5, 0.6) is 0 Å². The number of hydrogen-bond acceptors (Lipinski definition) is 5. The molecule has 2 fully saturated rings. The van der Waals surface area contributed by atoms with Crippen LogP contribution in [0.3, 0.4) is 0 Å². The number of morpholine rings is 1. The molecule has 164 valence electrons. The summed E-state index contributed by atoms with van der Waals surface area (Å²) in [5.74, 6) is 1.02. The number of rotatable bonds is 7. The summed E-state index contributed by atoms with van der Waals surface area (Å²) in [6, 6.07) is 9.19. The van der Waals surface area contributed by atoms with E-state index in [1.807, 2.05) is 6.07 Å². The predicted octanol–water partition coefficient (Wildman–Crippen LogP) is 1.84. The van der Waals surface area contributed by atoms with Gasteiger partial charge in [-0.25, -0.2) is 8.42 Å². The molecule has 0 radical (unpaired) electrons. The molecule has 0 amide bonds. The first kappa shape index (κ1) is 24.4. The van der Waals surface area contributed by atoms with Gasteiger partial charge in [-0.3, -0.25) is 9.89 Å². The fourth-order valence-corrected chi connectivity index (χ4v) is 5.10. The van der Waals surface area contributed by atoms with Gasteiger partial charge in [0.25, 0.3) is 0 Å². The number of nitrogens with zero attached hydrogens (tertiary/aromatic N) is 3. The molecule has 0 bridgehead atoms. The van der Waals surface area contributed by atoms with Crippen molar-refractivity contribution >= 4 is 39.8 Å². The molecule has 0 saturated carbocycles. The fraction of sp³-hybridized carbons (Fsp3) is 0.650. The van der Waals surface area contributed by atoms with Crippen molar-refractivity contribution in [3.05, 3.63) is 30.3 Å². The molecule has 1 atom stereocenters. The van der Waals surface area contributed by atoms with Gasteiger partial charge in [0.15, 0.2) is 15.8 Å².